The van der Waals surface area contributed by atoms with Gasteiger partial charge in [-0.05, 0) is 43.5 Å². The molecule has 0 saturated heterocycles. The molecule has 1 aromatic carbocycles. The van der Waals surface area contributed by atoms with Crippen LogP contribution in [0.2, 0.25) is 5.02 Å². The Morgan fingerprint density at radius 3 is 2.67 bits per heavy atom. The molecule has 1 fully saturated rings. The topological polar surface area (TPSA) is 29.3 Å². The second-order valence-electron chi connectivity index (χ2n) is 5.56. The molecular formula is C15H23ClN2. The smallest absolute Gasteiger partial charge is 0.0638 e. The third kappa shape index (κ3) is 3.89. The van der Waals surface area contributed by atoms with Gasteiger partial charge in [-0.15, -0.1) is 0 Å². The van der Waals surface area contributed by atoms with Crippen LogP contribution in [0.3, 0.4) is 0 Å². The number of hydrogen-bond acceptors (Lipinski definition) is 2. The van der Waals surface area contributed by atoms with Crippen molar-refractivity contribution < 1.29 is 0 Å². The van der Waals surface area contributed by atoms with Gasteiger partial charge >= 0.3 is 0 Å². The number of nitrogens with zero attached hydrogens (tertiary/aromatic N) is 1. The summed E-state index contributed by atoms with van der Waals surface area (Å²) in [6.07, 6.45) is 7.03. The van der Waals surface area contributed by atoms with Crippen LogP contribution in [0.1, 0.15) is 37.7 Å². The number of rotatable bonds is 4. The number of halogens is 1. The quantitative estimate of drug-likeness (QED) is 0.837. The van der Waals surface area contributed by atoms with E-state index in [9.17, 15) is 0 Å². The average molecular weight is 267 g/mol. The van der Waals surface area contributed by atoms with Crippen LogP contribution >= 0.6 is 11.6 Å². The van der Waals surface area contributed by atoms with Crippen molar-refractivity contribution in [2.24, 2.45) is 5.92 Å². The Hall–Kier alpha value is -0.730. The number of nitrogen functional groups attached to an aromatic ring is 1. The van der Waals surface area contributed by atoms with Gasteiger partial charge in [0.15, 0.2) is 0 Å². The molecule has 2 rings (SSSR count). The molecule has 0 aromatic heterocycles. The van der Waals surface area contributed by atoms with Gasteiger partial charge in [0.2, 0.25) is 0 Å². The number of benzene rings is 1. The number of hydrogen-bond donors (Lipinski definition) is 1. The van der Waals surface area contributed by atoms with Gasteiger partial charge in [0.05, 0.1) is 10.7 Å². The molecular weight excluding hydrogens is 244 g/mol. The molecule has 0 unspecified atom stereocenters. The molecule has 0 bridgehead atoms. The largest absolute Gasteiger partial charge is 0.398 e. The second-order valence-corrected chi connectivity index (χ2v) is 5.96. The Labute approximate surface area is 115 Å². The van der Waals surface area contributed by atoms with E-state index in [0.717, 1.165) is 12.5 Å². The summed E-state index contributed by atoms with van der Waals surface area (Å²) in [7, 11) is 2.19. The maximum Gasteiger partial charge on any atom is 0.0638 e. The van der Waals surface area contributed by atoms with Crippen molar-refractivity contribution in [3.05, 3.63) is 28.8 Å². The van der Waals surface area contributed by atoms with Gasteiger partial charge in [-0.3, -0.25) is 0 Å². The van der Waals surface area contributed by atoms with Gasteiger partial charge in [-0.2, -0.15) is 0 Å². The first-order valence-corrected chi connectivity index (χ1v) is 7.25. The molecule has 1 aliphatic carbocycles. The van der Waals surface area contributed by atoms with E-state index >= 15 is 0 Å². The van der Waals surface area contributed by atoms with E-state index in [1.807, 2.05) is 12.1 Å². The van der Waals surface area contributed by atoms with Crippen LogP contribution in [-0.2, 0) is 6.54 Å². The number of nitrogens with two attached hydrogens (primary N) is 1. The highest BCUT2D eigenvalue weighted by atomic mass is 35.5. The average Bonchev–Trinajstić information content (AvgIpc) is 2.35. The van der Waals surface area contributed by atoms with Crippen LogP contribution in [0.25, 0.3) is 0 Å². The van der Waals surface area contributed by atoms with Crippen LogP contribution in [0.4, 0.5) is 5.69 Å². The first-order valence-electron chi connectivity index (χ1n) is 6.87. The molecule has 3 heteroatoms. The maximum absolute atomic E-state index is 6.05. The minimum absolute atomic E-state index is 0.662. The summed E-state index contributed by atoms with van der Waals surface area (Å²) in [5, 5.41) is 0.665. The van der Waals surface area contributed by atoms with Crippen LogP contribution in [-0.4, -0.2) is 18.5 Å². The Balaban J connectivity index is 1.85. The van der Waals surface area contributed by atoms with Gasteiger partial charge in [-0.25, -0.2) is 0 Å². The molecule has 1 aromatic rings. The fourth-order valence-corrected chi connectivity index (χ4v) is 3.06. The Morgan fingerprint density at radius 1 is 1.28 bits per heavy atom. The predicted molar refractivity (Wildman–Crippen MR) is 78.8 cm³/mol. The van der Waals surface area contributed by atoms with E-state index in [2.05, 4.69) is 18.0 Å². The molecule has 1 aliphatic rings. The fraction of sp³-hybridized carbons (Fsp3) is 0.600. The van der Waals surface area contributed by atoms with Crippen molar-refractivity contribution in [3.63, 3.8) is 0 Å². The van der Waals surface area contributed by atoms with Crippen LogP contribution in [0, 0.1) is 5.92 Å². The summed E-state index contributed by atoms with van der Waals surface area (Å²) in [5.74, 6) is 0.882. The molecule has 18 heavy (non-hydrogen) atoms. The van der Waals surface area contributed by atoms with E-state index < -0.39 is 0 Å². The SMILES string of the molecule is CN(Cc1ccc(N)c(Cl)c1)CC1CCCCC1. The zero-order valence-corrected chi connectivity index (χ0v) is 11.9. The van der Waals surface area contributed by atoms with Crippen LogP contribution in [0.15, 0.2) is 18.2 Å². The van der Waals surface area contributed by atoms with Crippen LogP contribution in [0.5, 0.6) is 0 Å². The first kappa shape index (κ1) is 13.7. The van der Waals surface area contributed by atoms with Gasteiger partial charge in [0.1, 0.15) is 0 Å². The van der Waals surface area contributed by atoms with Crippen molar-refractivity contribution in [2.45, 2.75) is 38.6 Å². The molecule has 0 spiro atoms. The molecule has 0 atom stereocenters. The lowest BCUT2D eigenvalue weighted by Crippen LogP contribution is -2.26. The monoisotopic (exact) mass is 266 g/mol. The Morgan fingerprint density at radius 2 is 2.00 bits per heavy atom. The summed E-state index contributed by atoms with van der Waals surface area (Å²) in [6.45, 7) is 2.15. The van der Waals surface area contributed by atoms with Crippen LogP contribution < -0.4 is 5.73 Å². The van der Waals surface area contributed by atoms with Crippen molar-refractivity contribution in [3.8, 4) is 0 Å². The van der Waals surface area contributed by atoms with Crippen molar-refractivity contribution in [1.29, 1.82) is 0 Å². The van der Waals surface area contributed by atoms with Crippen molar-refractivity contribution in [1.82, 2.24) is 4.90 Å². The standard InChI is InChI=1S/C15H23ClN2/c1-18(10-12-5-3-2-4-6-12)11-13-7-8-15(17)14(16)9-13/h7-9,12H,2-6,10-11,17H2,1H3. The normalized spacial score (nSPS) is 17.3. The minimum Gasteiger partial charge on any atom is -0.398 e. The number of anilines is 1. The summed E-state index contributed by atoms with van der Waals surface area (Å²) in [6, 6.07) is 5.94. The van der Waals surface area contributed by atoms with Gasteiger partial charge < -0.3 is 10.6 Å². The van der Waals surface area contributed by atoms with E-state index in [4.69, 9.17) is 17.3 Å². The van der Waals surface area contributed by atoms with E-state index in [1.54, 1.807) is 0 Å². The van der Waals surface area contributed by atoms with Crippen molar-refractivity contribution >= 4 is 17.3 Å². The zero-order valence-electron chi connectivity index (χ0n) is 11.2. The van der Waals surface area contributed by atoms with Crippen molar-refractivity contribution in [2.75, 3.05) is 19.3 Å². The highest BCUT2D eigenvalue weighted by Gasteiger charge is 2.15. The molecule has 0 aliphatic heterocycles. The molecule has 2 N–H and O–H groups in total. The molecule has 0 heterocycles. The Kier molecular flexibility index (Phi) is 4.90. The van der Waals surface area contributed by atoms with Gasteiger partial charge in [-0.1, -0.05) is 36.9 Å². The van der Waals surface area contributed by atoms with E-state index in [1.165, 1.54) is 44.2 Å². The third-order valence-corrected chi connectivity index (χ3v) is 4.14. The summed E-state index contributed by atoms with van der Waals surface area (Å²) < 4.78 is 0. The minimum atomic E-state index is 0.662. The second kappa shape index (κ2) is 6.44. The lowest BCUT2D eigenvalue weighted by Gasteiger charge is -2.27. The van der Waals surface area contributed by atoms with Gasteiger partial charge in [0, 0.05) is 13.1 Å². The van der Waals surface area contributed by atoms with E-state index in [-0.39, 0.29) is 0 Å². The first-order chi connectivity index (χ1) is 8.65. The Bertz CT molecular complexity index is 386. The summed E-state index contributed by atoms with van der Waals surface area (Å²) in [4.78, 5) is 2.40. The maximum atomic E-state index is 6.05. The fourth-order valence-electron chi connectivity index (χ4n) is 2.86. The molecule has 1 saturated carbocycles. The molecule has 2 nitrogen and oxygen atoms in total. The summed E-state index contributed by atoms with van der Waals surface area (Å²) >= 11 is 6.05. The highest BCUT2D eigenvalue weighted by molar-refractivity contribution is 6.33. The lowest BCUT2D eigenvalue weighted by molar-refractivity contribution is 0.228. The zero-order chi connectivity index (χ0) is 13.0. The molecule has 0 amide bonds. The van der Waals surface area contributed by atoms with E-state index in [0.29, 0.717) is 10.7 Å². The predicted octanol–water partition coefficient (Wildman–Crippen LogP) is 3.93. The molecule has 0 radical (unpaired) electrons. The highest BCUT2D eigenvalue weighted by Crippen LogP contribution is 2.25. The lowest BCUT2D eigenvalue weighted by atomic mass is 9.89. The summed E-state index contributed by atoms with van der Waals surface area (Å²) in [5.41, 5.74) is 7.63. The van der Waals surface area contributed by atoms with Gasteiger partial charge in [0.25, 0.3) is 0 Å². The molecule has 100 valence electrons. The third-order valence-electron chi connectivity index (χ3n) is 3.81.